The number of likely N-dealkylation sites (N-methyl/N-ethyl adjacent to an activating group) is 1. The van der Waals surface area contributed by atoms with E-state index in [4.69, 9.17) is 12.2 Å². The van der Waals surface area contributed by atoms with Gasteiger partial charge in [-0.25, -0.2) is 0 Å². The van der Waals surface area contributed by atoms with Crippen molar-refractivity contribution in [3.63, 3.8) is 0 Å². The van der Waals surface area contributed by atoms with Crippen LogP contribution in [0.25, 0.3) is 15.8 Å². The lowest BCUT2D eigenvalue weighted by Crippen LogP contribution is -2.32. The summed E-state index contributed by atoms with van der Waals surface area (Å²) in [5, 5.41) is 16.1. The van der Waals surface area contributed by atoms with Gasteiger partial charge in [0, 0.05) is 34.5 Å². The molecule has 0 fully saturated rings. The molecule has 8 heteroatoms. The van der Waals surface area contributed by atoms with Gasteiger partial charge in [0.1, 0.15) is 0 Å². The number of hydrogen-bond donors (Lipinski definition) is 3. The number of aliphatic hydroxyl groups is 1. The molecule has 2 aromatic rings. The van der Waals surface area contributed by atoms with E-state index >= 15 is 0 Å². The molecule has 0 aromatic carbocycles. The highest BCUT2D eigenvalue weighted by atomic mass is 32.1. The maximum Gasteiger partial charge on any atom is 0.213 e. The summed E-state index contributed by atoms with van der Waals surface area (Å²) in [7, 11) is 2.01. The second-order valence-corrected chi connectivity index (χ2v) is 9.56. The number of anilines is 1. The average Bonchev–Trinajstić information content (AvgIpc) is 3.23. The molecular formula is C19H23N3O2S3. The van der Waals surface area contributed by atoms with Crippen LogP contribution in [0.5, 0.6) is 0 Å². The third kappa shape index (κ3) is 3.80. The van der Waals surface area contributed by atoms with E-state index in [-0.39, 0.29) is 12.0 Å². The summed E-state index contributed by atoms with van der Waals surface area (Å²) < 4.78 is 0. The number of nitrogens with one attached hydrogen (secondary N) is 2. The molecule has 1 aliphatic rings. The molecule has 2 aromatic heterocycles. The second-order valence-electron chi connectivity index (χ2n) is 7.03. The molecule has 2 heterocycles. The van der Waals surface area contributed by atoms with E-state index in [0.29, 0.717) is 18.1 Å². The molecule has 0 spiro atoms. The molecule has 3 N–H and O–H groups in total. The molecule has 0 radical (unpaired) electrons. The number of thiocarbonyl (C=S) groups is 1. The van der Waals surface area contributed by atoms with Crippen molar-refractivity contribution in [3.8, 4) is 9.75 Å². The van der Waals surface area contributed by atoms with Crippen LogP contribution in [0.4, 0.5) is 5.00 Å². The first-order chi connectivity index (χ1) is 12.8. The van der Waals surface area contributed by atoms with Gasteiger partial charge in [0.2, 0.25) is 6.41 Å². The van der Waals surface area contributed by atoms with Crippen molar-refractivity contribution in [1.29, 1.82) is 0 Å². The number of hydrogen-bond acceptors (Lipinski definition) is 6. The lowest BCUT2D eigenvalue weighted by atomic mass is 9.84. The number of allylic oxidation sites excluding steroid dienone is 1. The number of carbonyl (C=O) groups is 1. The molecular weight excluding hydrogens is 398 g/mol. The summed E-state index contributed by atoms with van der Waals surface area (Å²) >= 11 is 8.59. The standard InChI is InChI=1S/C19H23N3O2S3/c1-11(21-18(25)20-10-24)7-12-8-13-16(26-12)17-14(19(13,2)3)9-15(27-17)22(4)5-6-23/h7-10,23H,5-6H2,1-4H3,(H2,20,21,24,25)/b11-7-. The van der Waals surface area contributed by atoms with E-state index in [1.807, 2.05) is 20.0 Å². The third-order valence-corrected chi connectivity index (χ3v) is 7.41. The number of nitrogens with zero attached hydrogens (tertiary/aromatic N) is 1. The minimum absolute atomic E-state index is 0.0439. The molecule has 0 unspecified atom stereocenters. The Bertz CT molecular complexity index is 911. The van der Waals surface area contributed by atoms with Gasteiger partial charge in [0.15, 0.2) is 5.11 Å². The van der Waals surface area contributed by atoms with Gasteiger partial charge in [0.05, 0.1) is 16.5 Å². The molecule has 1 amide bonds. The smallest absolute Gasteiger partial charge is 0.213 e. The Balaban J connectivity index is 1.91. The second kappa shape index (κ2) is 7.71. The monoisotopic (exact) mass is 421 g/mol. The zero-order valence-corrected chi connectivity index (χ0v) is 18.2. The largest absolute Gasteiger partial charge is 0.395 e. The van der Waals surface area contributed by atoms with Crippen LogP contribution in [-0.4, -0.2) is 36.8 Å². The summed E-state index contributed by atoms with van der Waals surface area (Å²) in [6.45, 7) is 7.22. The molecule has 0 bridgehead atoms. The molecule has 0 saturated heterocycles. The Labute approximate surface area is 172 Å². The van der Waals surface area contributed by atoms with E-state index in [9.17, 15) is 9.90 Å². The highest BCUT2D eigenvalue weighted by Gasteiger charge is 2.39. The zero-order chi connectivity index (χ0) is 19.8. The normalized spacial score (nSPS) is 14.5. The van der Waals surface area contributed by atoms with Gasteiger partial charge < -0.3 is 20.6 Å². The van der Waals surface area contributed by atoms with Gasteiger partial charge in [-0.2, -0.15) is 0 Å². The van der Waals surface area contributed by atoms with Crippen LogP contribution in [0, 0.1) is 0 Å². The molecule has 0 saturated carbocycles. The predicted octanol–water partition coefficient (Wildman–Crippen LogP) is 3.53. The van der Waals surface area contributed by atoms with E-state index < -0.39 is 0 Å². The fourth-order valence-electron chi connectivity index (χ4n) is 3.24. The zero-order valence-electron chi connectivity index (χ0n) is 15.8. The first-order valence-corrected chi connectivity index (χ1v) is 10.6. The molecule has 3 rings (SSSR count). The summed E-state index contributed by atoms with van der Waals surface area (Å²) in [6.07, 6.45) is 2.61. The molecule has 0 atom stereocenters. The summed E-state index contributed by atoms with van der Waals surface area (Å²) in [5.41, 5.74) is 3.53. The van der Waals surface area contributed by atoms with Gasteiger partial charge in [-0.1, -0.05) is 13.8 Å². The highest BCUT2D eigenvalue weighted by molar-refractivity contribution is 7.80. The van der Waals surface area contributed by atoms with Crippen LogP contribution in [0.2, 0.25) is 0 Å². The Morgan fingerprint density at radius 3 is 2.63 bits per heavy atom. The predicted molar refractivity (Wildman–Crippen MR) is 119 cm³/mol. The van der Waals surface area contributed by atoms with Gasteiger partial charge in [0.25, 0.3) is 0 Å². The van der Waals surface area contributed by atoms with Gasteiger partial charge in [-0.3, -0.25) is 4.79 Å². The van der Waals surface area contributed by atoms with E-state index in [1.54, 1.807) is 22.7 Å². The average molecular weight is 422 g/mol. The van der Waals surface area contributed by atoms with Crippen LogP contribution in [0.1, 0.15) is 36.8 Å². The number of amides is 1. The maximum atomic E-state index is 10.5. The third-order valence-electron chi connectivity index (χ3n) is 4.69. The highest BCUT2D eigenvalue weighted by Crippen LogP contribution is 2.57. The Morgan fingerprint density at radius 2 is 1.96 bits per heavy atom. The van der Waals surface area contributed by atoms with Crippen LogP contribution in [0.3, 0.4) is 0 Å². The fourth-order valence-corrected chi connectivity index (χ4v) is 6.23. The fraction of sp³-hybridized carbons (Fsp3) is 0.368. The number of carbonyl (C=O) groups excluding carboxylic acids is 1. The molecule has 1 aliphatic carbocycles. The Morgan fingerprint density at radius 1 is 1.30 bits per heavy atom. The van der Waals surface area contributed by atoms with Crippen molar-refractivity contribution in [2.45, 2.75) is 26.2 Å². The number of thiophene rings is 2. The summed E-state index contributed by atoms with van der Waals surface area (Å²) in [6, 6.07) is 4.50. The van der Waals surface area contributed by atoms with Crippen molar-refractivity contribution in [2.75, 3.05) is 25.1 Å². The topological polar surface area (TPSA) is 64.6 Å². The minimum atomic E-state index is -0.0439. The number of fused-ring (bicyclic) bond motifs is 3. The quantitative estimate of drug-likeness (QED) is 0.492. The lowest BCUT2D eigenvalue weighted by molar-refractivity contribution is -0.108. The summed E-state index contributed by atoms with van der Waals surface area (Å²) in [4.78, 5) is 16.3. The molecule has 144 valence electrons. The van der Waals surface area contributed by atoms with Crippen LogP contribution >= 0.6 is 34.9 Å². The first kappa shape index (κ1) is 20.0. The van der Waals surface area contributed by atoms with Crippen molar-refractivity contribution in [1.82, 2.24) is 10.6 Å². The van der Waals surface area contributed by atoms with E-state index in [1.165, 1.54) is 25.9 Å². The minimum Gasteiger partial charge on any atom is -0.395 e. The van der Waals surface area contributed by atoms with E-state index in [2.05, 4.69) is 41.5 Å². The molecule has 27 heavy (non-hydrogen) atoms. The Kier molecular flexibility index (Phi) is 5.71. The first-order valence-electron chi connectivity index (χ1n) is 8.58. The maximum absolute atomic E-state index is 10.5. The van der Waals surface area contributed by atoms with Gasteiger partial charge >= 0.3 is 0 Å². The van der Waals surface area contributed by atoms with Crippen molar-refractivity contribution in [3.05, 3.63) is 33.8 Å². The number of rotatable bonds is 6. The molecule has 5 nitrogen and oxygen atoms in total. The van der Waals surface area contributed by atoms with Crippen molar-refractivity contribution in [2.24, 2.45) is 0 Å². The van der Waals surface area contributed by atoms with Gasteiger partial charge in [-0.05, 0) is 48.5 Å². The number of aliphatic hydroxyl groups excluding tert-OH is 1. The van der Waals surface area contributed by atoms with Crippen LogP contribution in [-0.2, 0) is 10.2 Å². The summed E-state index contributed by atoms with van der Waals surface area (Å²) in [5.74, 6) is 0. The Hall–Kier alpha value is -1.74. The van der Waals surface area contributed by atoms with Crippen LogP contribution in [0.15, 0.2) is 17.8 Å². The van der Waals surface area contributed by atoms with Crippen molar-refractivity contribution >= 4 is 57.5 Å². The molecule has 0 aliphatic heterocycles. The van der Waals surface area contributed by atoms with Gasteiger partial charge in [-0.15, -0.1) is 22.7 Å². The SMILES string of the molecule is C/C(=C/c1cc2c(s1)-c1sc(N(C)CCO)cc1C2(C)C)NC(=S)NC=O. The van der Waals surface area contributed by atoms with Crippen LogP contribution < -0.4 is 15.5 Å². The van der Waals surface area contributed by atoms with E-state index in [0.717, 1.165) is 10.6 Å². The van der Waals surface area contributed by atoms with Crippen molar-refractivity contribution < 1.29 is 9.90 Å². The lowest BCUT2D eigenvalue weighted by Gasteiger charge is -2.20.